The monoisotopic (exact) mass is 1170 g/mol. The number of hydrogen-bond donors (Lipinski definition) is 4. The number of esters is 3. The first-order valence-electron chi connectivity index (χ1n) is 23.1. The third-order valence-electron chi connectivity index (χ3n) is 14.0. The number of fused-ring (bicyclic) bond motifs is 5. The van der Waals surface area contributed by atoms with Gasteiger partial charge in [-0.1, -0.05) is 132 Å². The van der Waals surface area contributed by atoms with Crippen LogP contribution < -0.4 is 5.32 Å². The second-order valence-corrected chi connectivity index (χ2v) is 24.9. The molecule has 412 valence electrons. The van der Waals surface area contributed by atoms with Crippen LogP contribution in [0.4, 0.5) is 14.4 Å². The van der Waals surface area contributed by atoms with Crippen molar-refractivity contribution in [3.05, 3.63) is 82.9 Å². The van der Waals surface area contributed by atoms with Crippen molar-refractivity contribution >= 4 is 112 Å². The van der Waals surface area contributed by atoms with Gasteiger partial charge in [0.05, 0.1) is 36.2 Å². The molecule has 4 aliphatic rings. The molecular weight excluding hydrogens is 1120 g/mol. The summed E-state index contributed by atoms with van der Waals surface area (Å²) in [4.78, 5) is 99.5. The number of aliphatic hydroxyl groups is 3. The second kappa shape index (κ2) is 22.6. The number of benzene rings is 2. The summed E-state index contributed by atoms with van der Waals surface area (Å²) in [5.41, 5.74) is -10.8. The van der Waals surface area contributed by atoms with Crippen molar-refractivity contribution in [3.63, 3.8) is 0 Å². The van der Waals surface area contributed by atoms with Crippen molar-refractivity contribution in [1.29, 1.82) is 0 Å². The highest BCUT2D eigenvalue weighted by molar-refractivity contribution is 6.68. The van der Waals surface area contributed by atoms with Crippen LogP contribution in [0.5, 0.6) is 0 Å². The fraction of sp³-hybridized carbons (Fsp3) is 0.571. The maximum Gasteiger partial charge on any atom is 0.509 e. The number of amides is 1. The number of rotatable bonds is 14. The highest BCUT2D eigenvalue weighted by Gasteiger charge is 2.79. The lowest BCUT2D eigenvalue weighted by molar-refractivity contribution is -0.346. The van der Waals surface area contributed by atoms with Gasteiger partial charge in [-0.25, -0.2) is 24.0 Å². The number of aliphatic hydroxyl groups excluding tert-OH is 2. The Morgan fingerprint density at radius 1 is 0.840 bits per heavy atom. The Balaban J connectivity index is 1.60. The quantitative estimate of drug-likeness (QED) is 0.0625. The van der Waals surface area contributed by atoms with E-state index in [0.717, 1.165) is 6.92 Å². The van der Waals surface area contributed by atoms with Gasteiger partial charge in [0.2, 0.25) is 7.59 Å². The van der Waals surface area contributed by atoms with Crippen molar-refractivity contribution < 1.29 is 91.5 Å². The van der Waals surface area contributed by atoms with E-state index < -0.39 is 165 Å². The summed E-state index contributed by atoms with van der Waals surface area (Å²) in [5, 5.41) is 38.1. The molecule has 0 radical (unpaired) electrons. The molecule has 11 atom stereocenters. The van der Waals surface area contributed by atoms with Gasteiger partial charge in [0.1, 0.15) is 48.8 Å². The molecule has 0 spiro atoms. The van der Waals surface area contributed by atoms with Gasteiger partial charge < -0.3 is 63.3 Å². The van der Waals surface area contributed by atoms with Gasteiger partial charge in [-0.2, -0.15) is 0 Å². The number of hydrogen-bond acceptors (Lipinski definition) is 19. The van der Waals surface area contributed by atoms with Gasteiger partial charge in [0, 0.05) is 25.2 Å². The summed E-state index contributed by atoms with van der Waals surface area (Å²) in [6.07, 6.45) is -16.9. The minimum Gasteiger partial charge on any atom is -0.456 e. The predicted molar refractivity (Wildman–Crippen MR) is 266 cm³/mol. The Kier molecular flexibility index (Phi) is 18.0. The maximum absolute atomic E-state index is 16.3. The van der Waals surface area contributed by atoms with E-state index in [1.165, 1.54) is 77.9 Å². The minimum atomic E-state index is -2.68. The molecule has 2 saturated carbocycles. The number of ketones is 1. The third kappa shape index (κ3) is 12.7. The molecule has 26 heteroatoms. The zero-order chi connectivity index (χ0) is 55.9. The smallest absolute Gasteiger partial charge is 0.456 e. The molecule has 3 fully saturated rings. The normalized spacial score (nSPS) is 28.9. The second-order valence-electron chi connectivity index (χ2n) is 19.9. The van der Waals surface area contributed by atoms with Crippen molar-refractivity contribution in [2.45, 2.75) is 128 Å². The average Bonchev–Trinajstić information content (AvgIpc) is 3.32. The first kappa shape index (κ1) is 59.9. The van der Waals surface area contributed by atoms with E-state index >= 15 is 4.79 Å². The van der Waals surface area contributed by atoms with E-state index in [1.807, 2.05) is 0 Å². The predicted octanol–water partition coefficient (Wildman–Crippen LogP) is 7.29. The summed E-state index contributed by atoms with van der Waals surface area (Å²) in [5.74, 6) is -6.49. The first-order valence-corrected chi connectivity index (χ1v) is 25.4. The van der Waals surface area contributed by atoms with Crippen LogP contribution in [0.15, 0.2) is 71.8 Å². The lowest BCUT2D eigenvalue weighted by atomic mass is 9.44. The molecule has 1 amide bonds. The highest BCUT2D eigenvalue weighted by Crippen LogP contribution is 2.65. The van der Waals surface area contributed by atoms with Gasteiger partial charge in [0.25, 0.3) is 0 Å². The standard InChI is InChI=1S/C49H55Cl6NO19/c1-24-28(70-39(62)33(59)32(26-14-10-8-11-15-26)56-40(63)75-43(3,4)20-57)19-47(66)37(73-38(61)27-16-12-9-13-17-27)35-45(7,36(60)34(31(24)44(47,5)6)72-42(65)69-23-49(53,54)55)29(71-41(64)68-22-48(50,51)52)18-30-46(35,21-67-30)74-25(2)58/h8-17,28-30,32-35,37,57,59,66H,18-23H2,1-7H3,(H,56,63)/t28-,29-,30+,32-,33+,34+,35-,37-,45+,46-,47?/m0/s1. The van der Waals surface area contributed by atoms with Crippen LogP contribution >= 0.6 is 69.6 Å². The van der Waals surface area contributed by atoms with Gasteiger partial charge in [-0.3, -0.25) is 9.59 Å². The van der Waals surface area contributed by atoms with Crippen LogP contribution in [-0.4, -0.2) is 145 Å². The van der Waals surface area contributed by atoms with E-state index in [9.17, 15) is 44.1 Å². The highest BCUT2D eigenvalue weighted by atomic mass is 35.6. The van der Waals surface area contributed by atoms with Crippen molar-refractivity contribution in [2.24, 2.45) is 16.7 Å². The van der Waals surface area contributed by atoms with Gasteiger partial charge >= 0.3 is 36.3 Å². The number of alkyl halides is 6. The van der Waals surface area contributed by atoms with Gasteiger partial charge in [0.15, 0.2) is 23.6 Å². The Morgan fingerprint density at radius 2 is 1.40 bits per heavy atom. The number of alkyl carbamates (subject to hydrolysis) is 1. The number of nitrogens with one attached hydrogen (secondary N) is 1. The number of halogens is 6. The van der Waals surface area contributed by atoms with Crippen LogP contribution in [0.1, 0.15) is 83.3 Å². The molecule has 6 rings (SSSR count). The summed E-state index contributed by atoms with van der Waals surface area (Å²) in [6.45, 7) is 6.42. The molecule has 2 aromatic rings. The Bertz CT molecular complexity index is 2540. The molecule has 3 aliphatic carbocycles. The van der Waals surface area contributed by atoms with E-state index in [-0.39, 0.29) is 22.3 Å². The Hall–Kier alpha value is -4.35. The van der Waals surface area contributed by atoms with E-state index in [1.54, 1.807) is 24.3 Å². The van der Waals surface area contributed by atoms with Crippen LogP contribution in [0.25, 0.3) is 0 Å². The third-order valence-corrected chi connectivity index (χ3v) is 14.7. The molecule has 20 nitrogen and oxygen atoms in total. The van der Waals surface area contributed by atoms with Crippen LogP contribution in [-0.2, 0) is 57.0 Å². The molecule has 4 N–H and O–H groups in total. The summed E-state index contributed by atoms with van der Waals surface area (Å²) >= 11 is 35.4. The molecule has 1 unspecified atom stereocenters. The summed E-state index contributed by atoms with van der Waals surface area (Å²) in [7, 11) is 0. The summed E-state index contributed by atoms with van der Waals surface area (Å²) < 4.78 is 47.7. The molecule has 2 aromatic carbocycles. The lowest BCUT2D eigenvalue weighted by Crippen LogP contribution is -2.82. The zero-order valence-electron chi connectivity index (χ0n) is 41.3. The Morgan fingerprint density at radius 3 is 1.92 bits per heavy atom. The largest absolute Gasteiger partial charge is 0.509 e. The van der Waals surface area contributed by atoms with Crippen molar-refractivity contribution in [2.75, 3.05) is 26.4 Å². The van der Waals surface area contributed by atoms with Gasteiger partial charge in [-0.15, -0.1) is 0 Å². The topological polar surface area (TPSA) is 275 Å². The zero-order valence-corrected chi connectivity index (χ0v) is 45.8. The molecule has 1 aliphatic heterocycles. The fourth-order valence-corrected chi connectivity index (χ4v) is 10.7. The number of carbonyl (C=O) groups is 7. The molecular formula is C49H55Cl6NO19. The Labute approximate surface area is 460 Å². The van der Waals surface area contributed by atoms with Crippen LogP contribution in [0.2, 0.25) is 0 Å². The maximum atomic E-state index is 16.3. The van der Waals surface area contributed by atoms with Crippen LogP contribution in [0.3, 0.4) is 0 Å². The fourth-order valence-electron chi connectivity index (χ4n) is 10.4. The van der Waals surface area contributed by atoms with Crippen molar-refractivity contribution in [1.82, 2.24) is 5.32 Å². The minimum absolute atomic E-state index is 0.0667. The average molecular weight is 1170 g/mol. The van der Waals surface area contributed by atoms with E-state index in [0.29, 0.717) is 0 Å². The SMILES string of the molecule is CC(=O)O[C@@]12CO[C@@H]1C[C@H](OC(=O)OCC(Cl)(Cl)Cl)[C@@]1(C)C(=O)[C@H](OC(=O)OCC(Cl)(Cl)Cl)C3=C(C)[C@@H](OC(=O)[C@H](O)[C@@H](NC(=O)OC(C)(C)CO)c4ccccc4)CC(O)([C@@H](OC(=O)c4ccccc4)[C@H]21)C3(C)C. The van der Waals surface area contributed by atoms with Crippen molar-refractivity contribution in [3.8, 4) is 0 Å². The van der Waals surface area contributed by atoms with Gasteiger partial charge in [-0.05, 0) is 56.5 Å². The van der Waals surface area contributed by atoms with E-state index in [4.69, 9.17) is 112 Å². The number of ether oxygens (including phenoxy) is 9. The number of Topliss-reactive ketones (excluding diaryl/α,β-unsaturated/α-hetero) is 1. The molecule has 1 saturated heterocycles. The number of carbonyl (C=O) groups excluding carboxylic acids is 7. The van der Waals surface area contributed by atoms with Crippen LogP contribution in [0, 0.1) is 16.7 Å². The van der Waals surface area contributed by atoms with E-state index in [2.05, 4.69) is 5.32 Å². The lowest BCUT2D eigenvalue weighted by Gasteiger charge is -2.67. The molecule has 2 bridgehead atoms. The molecule has 1 heterocycles. The molecule has 0 aromatic heterocycles. The summed E-state index contributed by atoms with van der Waals surface area (Å²) in [6, 6.07) is 13.5. The first-order chi connectivity index (χ1) is 34.7. The molecule has 75 heavy (non-hydrogen) atoms.